The van der Waals surface area contributed by atoms with Crippen LogP contribution in [0.5, 0.6) is 0 Å². The molecule has 104 valence electrons. The molecule has 0 aliphatic carbocycles. The fraction of sp³-hybridized carbons (Fsp3) is 0.500. The van der Waals surface area contributed by atoms with Gasteiger partial charge in [-0.15, -0.1) is 0 Å². The van der Waals surface area contributed by atoms with Crippen LogP contribution in [0.1, 0.15) is 17.2 Å². The monoisotopic (exact) mass is 326 g/mol. The average molecular weight is 327 g/mol. The second kappa shape index (κ2) is 6.50. The van der Waals surface area contributed by atoms with E-state index in [2.05, 4.69) is 26.1 Å². The van der Waals surface area contributed by atoms with Gasteiger partial charge in [-0.3, -0.25) is 4.90 Å². The Labute approximate surface area is 122 Å². The first kappa shape index (κ1) is 14.5. The fourth-order valence-corrected chi connectivity index (χ4v) is 3.09. The first-order chi connectivity index (χ1) is 9.13. The number of hydrogen-bond donors (Lipinski definition) is 1. The van der Waals surface area contributed by atoms with Crippen molar-refractivity contribution >= 4 is 21.9 Å². The van der Waals surface area contributed by atoms with Crippen LogP contribution in [0, 0.1) is 6.92 Å². The van der Waals surface area contributed by atoms with E-state index in [4.69, 9.17) is 4.74 Å². The number of carbonyl (C=O) groups is 1. The Hall–Kier alpha value is -0.910. The van der Waals surface area contributed by atoms with E-state index in [0.29, 0.717) is 0 Å². The second-order valence-electron chi connectivity index (χ2n) is 4.74. The number of esters is 1. The lowest BCUT2D eigenvalue weighted by atomic mass is 10.0. The van der Waals surface area contributed by atoms with E-state index >= 15 is 0 Å². The Balaban J connectivity index is 2.33. The lowest BCUT2D eigenvalue weighted by Gasteiger charge is -2.33. The molecule has 5 heteroatoms. The van der Waals surface area contributed by atoms with Gasteiger partial charge in [-0.1, -0.05) is 28.1 Å². The maximum absolute atomic E-state index is 12.1. The fourth-order valence-electron chi connectivity index (χ4n) is 2.38. The summed E-state index contributed by atoms with van der Waals surface area (Å²) < 4.78 is 5.94. The minimum atomic E-state index is -0.331. The Morgan fingerprint density at radius 1 is 1.42 bits per heavy atom. The average Bonchev–Trinajstić information content (AvgIpc) is 2.42. The van der Waals surface area contributed by atoms with Gasteiger partial charge in [0, 0.05) is 30.7 Å². The number of hydrogen-bond acceptors (Lipinski definition) is 4. The summed E-state index contributed by atoms with van der Waals surface area (Å²) in [6, 6.07) is 5.73. The molecule has 1 aromatic rings. The highest BCUT2D eigenvalue weighted by molar-refractivity contribution is 9.10. The van der Waals surface area contributed by atoms with Crippen molar-refractivity contribution < 1.29 is 9.53 Å². The Morgan fingerprint density at radius 3 is 2.68 bits per heavy atom. The summed E-state index contributed by atoms with van der Waals surface area (Å²) in [5.74, 6) is -0.202. The lowest BCUT2D eigenvalue weighted by molar-refractivity contribution is -0.147. The molecule has 1 aliphatic heterocycles. The number of ether oxygens (including phenoxy) is 1. The first-order valence-corrected chi connectivity index (χ1v) is 7.21. The van der Waals surface area contributed by atoms with Crippen LogP contribution in [-0.2, 0) is 9.53 Å². The molecule has 0 saturated carbocycles. The summed E-state index contributed by atoms with van der Waals surface area (Å²) in [6.07, 6.45) is 0. The topological polar surface area (TPSA) is 41.6 Å². The normalized spacial score (nSPS) is 18.1. The van der Waals surface area contributed by atoms with E-state index < -0.39 is 0 Å². The van der Waals surface area contributed by atoms with Gasteiger partial charge >= 0.3 is 5.97 Å². The minimum absolute atomic E-state index is 0.202. The molecule has 1 aliphatic rings. The van der Waals surface area contributed by atoms with Crippen LogP contribution in [-0.4, -0.2) is 44.2 Å². The van der Waals surface area contributed by atoms with E-state index in [1.165, 1.54) is 12.7 Å². The van der Waals surface area contributed by atoms with E-state index in [0.717, 1.165) is 36.2 Å². The highest BCUT2D eigenvalue weighted by Gasteiger charge is 2.30. The number of benzene rings is 1. The van der Waals surface area contributed by atoms with Crippen LogP contribution in [0.25, 0.3) is 0 Å². The molecule has 1 heterocycles. The number of carbonyl (C=O) groups excluding carboxylic acids is 1. The van der Waals surface area contributed by atoms with Crippen LogP contribution < -0.4 is 5.32 Å². The van der Waals surface area contributed by atoms with Crippen molar-refractivity contribution in [3.63, 3.8) is 0 Å². The summed E-state index contributed by atoms with van der Waals surface area (Å²) in [4.78, 5) is 14.3. The summed E-state index contributed by atoms with van der Waals surface area (Å²) in [7, 11) is 1.44. The van der Waals surface area contributed by atoms with Crippen molar-refractivity contribution in [3.8, 4) is 0 Å². The predicted octanol–water partition coefficient (Wildman–Crippen LogP) is 1.88. The van der Waals surface area contributed by atoms with Gasteiger partial charge in [-0.25, -0.2) is 4.79 Å². The van der Waals surface area contributed by atoms with Crippen molar-refractivity contribution in [2.45, 2.75) is 13.0 Å². The van der Waals surface area contributed by atoms with Crippen molar-refractivity contribution in [3.05, 3.63) is 33.8 Å². The molecule has 1 N–H and O–H groups in total. The Bertz CT molecular complexity index is 459. The molecule has 0 amide bonds. The van der Waals surface area contributed by atoms with Gasteiger partial charge in [-0.05, 0) is 24.1 Å². The van der Waals surface area contributed by atoms with Crippen LogP contribution in [0.2, 0.25) is 0 Å². The number of nitrogens with zero attached hydrogens (tertiary/aromatic N) is 1. The molecule has 0 aromatic heterocycles. The molecule has 1 fully saturated rings. The lowest BCUT2D eigenvalue weighted by Crippen LogP contribution is -2.47. The highest BCUT2D eigenvalue weighted by atomic mass is 79.9. The summed E-state index contributed by atoms with van der Waals surface area (Å²) in [5.41, 5.74) is 2.14. The standard InChI is InChI=1S/C14H19BrN2O2/c1-10-3-4-11(12(15)9-10)13(14(18)19-2)17-7-5-16-6-8-17/h3-4,9,13,16H,5-8H2,1-2H3. The molecule has 0 bridgehead atoms. The SMILES string of the molecule is COC(=O)C(c1ccc(C)cc1Br)N1CCNCC1. The number of aryl methyl sites for hydroxylation is 1. The Kier molecular flexibility index (Phi) is 4.96. The molecule has 4 nitrogen and oxygen atoms in total. The van der Waals surface area contributed by atoms with Crippen LogP contribution in [0.4, 0.5) is 0 Å². The third kappa shape index (κ3) is 3.35. The van der Waals surface area contributed by atoms with Crippen LogP contribution in [0.15, 0.2) is 22.7 Å². The van der Waals surface area contributed by atoms with Crippen molar-refractivity contribution in [1.82, 2.24) is 10.2 Å². The summed E-state index contributed by atoms with van der Waals surface area (Å²) in [5, 5.41) is 3.30. The molecule has 2 rings (SSSR count). The molecule has 1 unspecified atom stereocenters. The number of rotatable bonds is 3. The van der Waals surface area contributed by atoms with E-state index in [1.54, 1.807) is 0 Å². The van der Waals surface area contributed by atoms with Gasteiger partial charge in [0.05, 0.1) is 7.11 Å². The quantitative estimate of drug-likeness (QED) is 0.861. The summed E-state index contributed by atoms with van der Waals surface area (Å²) in [6.45, 7) is 5.53. The number of nitrogens with one attached hydrogen (secondary N) is 1. The third-order valence-corrected chi connectivity index (χ3v) is 4.08. The van der Waals surface area contributed by atoms with Crippen molar-refractivity contribution in [1.29, 1.82) is 0 Å². The third-order valence-electron chi connectivity index (χ3n) is 3.39. The van der Waals surface area contributed by atoms with Gasteiger partial charge in [0.25, 0.3) is 0 Å². The van der Waals surface area contributed by atoms with Gasteiger partial charge < -0.3 is 10.1 Å². The van der Waals surface area contributed by atoms with Gasteiger partial charge in [0.15, 0.2) is 0 Å². The second-order valence-corrected chi connectivity index (χ2v) is 5.59. The molecule has 1 atom stereocenters. The molecule has 19 heavy (non-hydrogen) atoms. The Morgan fingerprint density at radius 2 is 2.11 bits per heavy atom. The number of halogens is 1. The molecule has 1 aromatic carbocycles. The van der Waals surface area contributed by atoms with Crippen LogP contribution in [0.3, 0.4) is 0 Å². The zero-order valence-corrected chi connectivity index (χ0v) is 12.9. The molecule has 0 radical (unpaired) electrons. The maximum atomic E-state index is 12.1. The van der Waals surface area contributed by atoms with Crippen molar-refractivity contribution in [2.24, 2.45) is 0 Å². The largest absolute Gasteiger partial charge is 0.468 e. The summed E-state index contributed by atoms with van der Waals surface area (Å²) >= 11 is 3.56. The zero-order chi connectivity index (χ0) is 13.8. The van der Waals surface area contributed by atoms with Gasteiger partial charge in [0.1, 0.15) is 6.04 Å². The van der Waals surface area contributed by atoms with Gasteiger partial charge in [-0.2, -0.15) is 0 Å². The highest BCUT2D eigenvalue weighted by Crippen LogP contribution is 2.30. The smallest absolute Gasteiger partial charge is 0.327 e. The molecule has 0 spiro atoms. The van der Waals surface area contributed by atoms with E-state index in [9.17, 15) is 4.79 Å². The first-order valence-electron chi connectivity index (χ1n) is 6.42. The molecular weight excluding hydrogens is 308 g/mol. The maximum Gasteiger partial charge on any atom is 0.327 e. The predicted molar refractivity (Wildman–Crippen MR) is 78.1 cm³/mol. The number of methoxy groups -OCH3 is 1. The van der Waals surface area contributed by atoms with E-state index in [-0.39, 0.29) is 12.0 Å². The number of piperazine rings is 1. The van der Waals surface area contributed by atoms with E-state index in [1.807, 2.05) is 25.1 Å². The zero-order valence-electron chi connectivity index (χ0n) is 11.3. The molecule has 1 saturated heterocycles. The molecular formula is C14H19BrN2O2. The van der Waals surface area contributed by atoms with Crippen LogP contribution >= 0.6 is 15.9 Å². The van der Waals surface area contributed by atoms with Gasteiger partial charge in [0.2, 0.25) is 0 Å². The minimum Gasteiger partial charge on any atom is -0.468 e. The van der Waals surface area contributed by atoms with Crippen molar-refractivity contribution in [2.75, 3.05) is 33.3 Å².